The summed E-state index contributed by atoms with van der Waals surface area (Å²) in [4.78, 5) is 26.8. The van der Waals surface area contributed by atoms with Crippen LogP contribution in [0.25, 0.3) is 5.57 Å². The second kappa shape index (κ2) is 4.92. The number of allylic oxidation sites excluding steroid dienone is 1. The van der Waals surface area contributed by atoms with Gasteiger partial charge in [0.1, 0.15) is 5.92 Å². The van der Waals surface area contributed by atoms with Crippen LogP contribution in [0.3, 0.4) is 0 Å². The minimum Gasteiger partial charge on any atom is -0.369 e. The summed E-state index contributed by atoms with van der Waals surface area (Å²) in [5.41, 5.74) is 4.55. The Morgan fingerprint density at radius 1 is 1.20 bits per heavy atom. The summed E-state index contributed by atoms with van der Waals surface area (Å²) in [6, 6.07) is 4.04. The number of nitrogens with zero attached hydrogens (tertiary/aromatic N) is 1. The number of rotatable bonds is 2. The Morgan fingerprint density at radius 2 is 1.80 bits per heavy atom. The lowest BCUT2D eigenvalue weighted by molar-refractivity contribution is -0.137. The van der Waals surface area contributed by atoms with Crippen LogP contribution in [-0.2, 0) is 15.8 Å². The molecular weight excluding hydrogens is 273 g/mol. The van der Waals surface area contributed by atoms with E-state index in [1.807, 2.05) is 0 Å². The number of Topliss-reactive ketones (excluding diaryl/α,β-unsaturated/α-hetero) is 1. The monoisotopic (exact) mass is 282 g/mol. The number of halogens is 3. The first kappa shape index (κ1) is 14.0. The van der Waals surface area contributed by atoms with E-state index in [4.69, 9.17) is 5.73 Å². The summed E-state index contributed by atoms with van der Waals surface area (Å²) >= 11 is 0. The van der Waals surface area contributed by atoms with Crippen LogP contribution in [0.4, 0.5) is 13.2 Å². The van der Waals surface area contributed by atoms with Crippen molar-refractivity contribution < 1.29 is 22.8 Å². The fraction of sp³-hybridized carbons (Fsp3) is 0.154. The molecule has 1 aliphatic heterocycles. The van der Waals surface area contributed by atoms with Crippen molar-refractivity contribution in [3.8, 4) is 0 Å². The van der Waals surface area contributed by atoms with Crippen LogP contribution in [0.15, 0.2) is 35.5 Å². The molecule has 1 atom stereocenters. The highest BCUT2D eigenvalue weighted by atomic mass is 19.4. The Labute approximate surface area is 111 Å². The normalized spacial score (nSPS) is 18.9. The number of primary amides is 1. The molecule has 1 heterocycles. The molecule has 4 nitrogen and oxygen atoms in total. The number of benzene rings is 1. The molecule has 1 unspecified atom stereocenters. The van der Waals surface area contributed by atoms with Gasteiger partial charge in [-0.1, -0.05) is 12.1 Å². The number of ketones is 1. The Morgan fingerprint density at radius 3 is 2.30 bits per heavy atom. The van der Waals surface area contributed by atoms with Crippen LogP contribution in [0, 0.1) is 5.92 Å². The maximum absolute atomic E-state index is 12.4. The predicted octanol–water partition coefficient (Wildman–Crippen LogP) is 1.80. The fourth-order valence-electron chi connectivity index (χ4n) is 1.76. The second-order valence-corrected chi connectivity index (χ2v) is 4.16. The number of carbonyl (C=O) groups is 2. The number of alkyl halides is 3. The number of nitrogens with two attached hydrogens (primary N) is 1. The van der Waals surface area contributed by atoms with Gasteiger partial charge >= 0.3 is 6.18 Å². The molecule has 0 saturated heterocycles. The number of carbonyl (C=O) groups excluding carboxylic acids is 2. The third-order valence-electron chi connectivity index (χ3n) is 2.82. The molecule has 20 heavy (non-hydrogen) atoms. The van der Waals surface area contributed by atoms with Gasteiger partial charge in [-0.05, 0) is 17.7 Å². The van der Waals surface area contributed by atoms with Crippen LogP contribution in [-0.4, -0.2) is 17.9 Å². The topological polar surface area (TPSA) is 72.5 Å². The molecule has 0 aromatic heterocycles. The average Bonchev–Trinajstić information content (AvgIpc) is 2.38. The van der Waals surface area contributed by atoms with Gasteiger partial charge in [0, 0.05) is 18.0 Å². The van der Waals surface area contributed by atoms with Gasteiger partial charge in [-0.15, -0.1) is 0 Å². The first-order valence-electron chi connectivity index (χ1n) is 5.55. The minimum absolute atomic E-state index is 0.0602. The number of amides is 1. The van der Waals surface area contributed by atoms with Crippen LogP contribution >= 0.6 is 0 Å². The van der Waals surface area contributed by atoms with E-state index in [9.17, 15) is 22.8 Å². The first-order valence-corrected chi connectivity index (χ1v) is 5.55. The largest absolute Gasteiger partial charge is 0.416 e. The average molecular weight is 282 g/mol. The lowest BCUT2D eigenvalue weighted by Gasteiger charge is -2.14. The summed E-state index contributed by atoms with van der Waals surface area (Å²) in [7, 11) is 0. The molecular formula is C13H9F3N2O2. The van der Waals surface area contributed by atoms with E-state index in [1.54, 1.807) is 0 Å². The quantitative estimate of drug-likeness (QED) is 0.840. The van der Waals surface area contributed by atoms with Gasteiger partial charge in [-0.25, -0.2) is 0 Å². The van der Waals surface area contributed by atoms with Crippen LogP contribution in [0.5, 0.6) is 0 Å². The fourth-order valence-corrected chi connectivity index (χ4v) is 1.76. The summed E-state index contributed by atoms with van der Waals surface area (Å²) in [6.45, 7) is 0. The van der Waals surface area contributed by atoms with E-state index in [0.29, 0.717) is 0 Å². The molecule has 0 bridgehead atoms. The van der Waals surface area contributed by atoms with E-state index >= 15 is 0 Å². The lowest BCUT2D eigenvalue weighted by atomic mass is 9.91. The predicted molar refractivity (Wildman–Crippen MR) is 65.6 cm³/mol. The second-order valence-electron chi connectivity index (χ2n) is 4.16. The molecule has 1 aromatic carbocycles. The Bertz CT molecular complexity index is 615. The summed E-state index contributed by atoms with van der Waals surface area (Å²) in [5, 5.41) is 0. The van der Waals surface area contributed by atoms with E-state index in [1.165, 1.54) is 6.20 Å². The van der Waals surface area contributed by atoms with E-state index in [-0.39, 0.29) is 11.1 Å². The molecule has 7 heteroatoms. The van der Waals surface area contributed by atoms with Crippen molar-refractivity contribution in [2.24, 2.45) is 16.6 Å². The molecule has 1 aliphatic rings. The van der Waals surface area contributed by atoms with Crippen molar-refractivity contribution in [1.82, 2.24) is 0 Å². The van der Waals surface area contributed by atoms with Gasteiger partial charge in [-0.3, -0.25) is 14.6 Å². The van der Waals surface area contributed by atoms with Crippen LogP contribution in [0.1, 0.15) is 11.1 Å². The van der Waals surface area contributed by atoms with Crippen molar-refractivity contribution in [2.75, 3.05) is 0 Å². The van der Waals surface area contributed by atoms with Gasteiger partial charge in [-0.2, -0.15) is 13.2 Å². The Hall–Kier alpha value is -2.44. The molecule has 0 aliphatic carbocycles. The van der Waals surface area contributed by atoms with E-state index in [0.717, 1.165) is 30.5 Å². The van der Waals surface area contributed by atoms with Crippen LogP contribution < -0.4 is 5.73 Å². The number of hydrogen-bond donors (Lipinski definition) is 1. The van der Waals surface area contributed by atoms with E-state index in [2.05, 4.69) is 4.99 Å². The van der Waals surface area contributed by atoms with Gasteiger partial charge in [0.05, 0.1) is 5.56 Å². The number of aliphatic imine (C=N–C) groups is 1. The zero-order valence-electron chi connectivity index (χ0n) is 10.0. The molecule has 0 fully saturated rings. The molecule has 1 amide bonds. The minimum atomic E-state index is -4.45. The standard InChI is InChI=1S/C13H9F3N2O2/c14-13(15,16)8-3-1-7(2-4-8)9-5-18-6-10(11(9)19)12(17)20/h1-6,10H,(H2,17,20). The van der Waals surface area contributed by atoms with E-state index < -0.39 is 29.3 Å². The van der Waals surface area contributed by atoms with Gasteiger partial charge < -0.3 is 5.73 Å². The summed E-state index contributed by atoms with van der Waals surface area (Å²) in [6.07, 6.45) is -2.14. The summed E-state index contributed by atoms with van der Waals surface area (Å²) < 4.78 is 37.3. The molecule has 2 N–H and O–H groups in total. The summed E-state index contributed by atoms with van der Waals surface area (Å²) in [5.74, 6) is -2.61. The Kier molecular flexibility index (Phi) is 3.44. The van der Waals surface area contributed by atoms with Crippen molar-refractivity contribution in [1.29, 1.82) is 0 Å². The highest BCUT2D eigenvalue weighted by Gasteiger charge is 2.31. The highest BCUT2D eigenvalue weighted by molar-refractivity contribution is 6.33. The third kappa shape index (κ3) is 2.61. The molecule has 0 saturated carbocycles. The van der Waals surface area contributed by atoms with Crippen molar-refractivity contribution in [3.63, 3.8) is 0 Å². The zero-order chi connectivity index (χ0) is 14.9. The SMILES string of the molecule is NC(=O)C1C=NC=C(c2ccc(C(F)(F)F)cc2)C1=O. The maximum atomic E-state index is 12.4. The third-order valence-corrected chi connectivity index (χ3v) is 2.82. The molecule has 1 aromatic rings. The number of hydrogen-bond acceptors (Lipinski definition) is 3. The van der Waals surface area contributed by atoms with Crippen molar-refractivity contribution in [3.05, 3.63) is 41.6 Å². The molecule has 0 radical (unpaired) electrons. The maximum Gasteiger partial charge on any atom is 0.416 e. The lowest BCUT2D eigenvalue weighted by Crippen LogP contribution is -2.33. The first-order chi connectivity index (χ1) is 9.30. The van der Waals surface area contributed by atoms with Gasteiger partial charge in [0.25, 0.3) is 0 Å². The molecule has 0 spiro atoms. The Balaban J connectivity index is 2.33. The van der Waals surface area contributed by atoms with Crippen molar-refractivity contribution >= 4 is 23.5 Å². The van der Waals surface area contributed by atoms with Gasteiger partial charge in [0.15, 0.2) is 5.78 Å². The van der Waals surface area contributed by atoms with Crippen molar-refractivity contribution in [2.45, 2.75) is 6.18 Å². The molecule has 2 rings (SSSR count). The smallest absolute Gasteiger partial charge is 0.369 e. The van der Waals surface area contributed by atoms with Gasteiger partial charge in [0.2, 0.25) is 5.91 Å². The zero-order valence-corrected chi connectivity index (χ0v) is 10.0. The van der Waals surface area contributed by atoms with Crippen LogP contribution in [0.2, 0.25) is 0 Å². The molecule has 104 valence electrons. The highest BCUT2D eigenvalue weighted by Crippen LogP contribution is 2.31.